The zero-order valence-electron chi connectivity index (χ0n) is 14.1. The summed E-state index contributed by atoms with van der Waals surface area (Å²) in [5.41, 5.74) is 4.44. The van der Waals surface area contributed by atoms with Gasteiger partial charge in [0.15, 0.2) is 5.84 Å². The van der Waals surface area contributed by atoms with Crippen LogP contribution in [0.2, 0.25) is 0 Å². The first kappa shape index (κ1) is 18.5. The van der Waals surface area contributed by atoms with Crippen LogP contribution < -0.4 is 10.9 Å². The summed E-state index contributed by atoms with van der Waals surface area (Å²) in [5.74, 6) is -2.04. The van der Waals surface area contributed by atoms with Crippen LogP contribution in [-0.4, -0.2) is 44.6 Å². The summed E-state index contributed by atoms with van der Waals surface area (Å²) in [6.07, 6.45) is 0. The van der Waals surface area contributed by atoms with E-state index >= 15 is 0 Å². The second kappa shape index (κ2) is 7.16. The third-order valence-corrected chi connectivity index (χ3v) is 5.11. The van der Waals surface area contributed by atoms with Gasteiger partial charge in [-0.2, -0.15) is 8.42 Å². The van der Waals surface area contributed by atoms with Gasteiger partial charge in [0.05, 0.1) is 12.1 Å². The molecule has 2 aromatic carbocycles. The molecule has 1 aliphatic heterocycles. The molecule has 2 amide bonds. The summed E-state index contributed by atoms with van der Waals surface area (Å²) < 4.78 is 41.3. The number of likely N-dealkylation sites (N-methyl/N-ethyl adjacent to an activating group) is 1. The first-order chi connectivity index (χ1) is 12.8. The van der Waals surface area contributed by atoms with Gasteiger partial charge in [0.1, 0.15) is 10.7 Å². The van der Waals surface area contributed by atoms with Crippen molar-refractivity contribution in [1.29, 1.82) is 0 Å². The highest BCUT2D eigenvalue weighted by Gasteiger charge is 2.30. The number of nitrogens with zero attached hydrogens (tertiary/aromatic N) is 2. The first-order valence-corrected chi connectivity index (χ1v) is 9.23. The molecule has 0 atom stereocenters. The Morgan fingerprint density at radius 1 is 1.07 bits per heavy atom. The highest BCUT2D eigenvalue weighted by Crippen LogP contribution is 2.26. The van der Waals surface area contributed by atoms with Gasteiger partial charge in [-0.05, 0) is 24.3 Å². The van der Waals surface area contributed by atoms with Crippen LogP contribution in [0.25, 0.3) is 0 Å². The van der Waals surface area contributed by atoms with Crippen LogP contribution in [0.3, 0.4) is 0 Å². The van der Waals surface area contributed by atoms with Crippen molar-refractivity contribution in [2.75, 3.05) is 13.6 Å². The van der Waals surface area contributed by atoms with Crippen molar-refractivity contribution in [2.24, 2.45) is 4.40 Å². The third-order valence-electron chi connectivity index (χ3n) is 3.79. The van der Waals surface area contributed by atoms with Crippen molar-refractivity contribution < 1.29 is 22.4 Å². The molecule has 2 N–H and O–H groups in total. The Hall–Kier alpha value is -3.27. The average molecular weight is 390 g/mol. The predicted octanol–water partition coefficient (Wildman–Crippen LogP) is 0.668. The first-order valence-electron chi connectivity index (χ1n) is 7.79. The zero-order valence-corrected chi connectivity index (χ0v) is 15.0. The maximum atomic E-state index is 13.5. The monoisotopic (exact) mass is 390 g/mol. The van der Waals surface area contributed by atoms with E-state index in [2.05, 4.69) is 15.2 Å². The van der Waals surface area contributed by atoms with E-state index < -0.39 is 27.7 Å². The minimum Gasteiger partial charge on any atom is -0.349 e. The van der Waals surface area contributed by atoms with Gasteiger partial charge in [-0.15, -0.1) is 4.40 Å². The van der Waals surface area contributed by atoms with E-state index in [1.54, 1.807) is 18.2 Å². The topological polar surface area (TPSA) is 108 Å². The molecule has 0 spiro atoms. The van der Waals surface area contributed by atoms with E-state index in [0.29, 0.717) is 5.56 Å². The number of carbonyl (C=O) groups is 2. The van der Waals surface area contributed by atoms with Crippen molar-refractivity contribution in [3.8, 4) is 0 Å². The molecule has 10 heteroatoms. The average Bonchev–Trinajstić information content (AvgIpc) is 2.92. The lowest BCUT2D eigenvalue weighted by molar-refractivity contribution is -0.122. The summed E-state index contributed by atoms with van der Waals surface area (Å²) in [6, 6.07) is 11.6. The Bertz CT molecular complexity index is 1050. The van der Waals surface area contributed by atoms with Crippen LogP contribution in [0.15, 0.2) is 57.8 Å². The van der Waals surface area contributed by atoms with Crippen molar-refractivity contribution in [1.82, 2.24) is 15.8 Å². The number of hydrazine groups is 1. The molecule has 140 valence electrons. The number of rotatable bonds is 3. The van der Waals surface area contributed by atoms with Crippen LogP contribution in [0.1, 0.15) is 15.9 Å². The van der Waals surface area contributed by atoms with Crippen LogP contribution in [0.5, 0.6) is 0 Å². The van der Waals surface area contributed by atoms with Gasteiger partial charge in [0.2, 0.25) is 0 Å². The molecule has 1 heterocycles. The molecule has 3 rings (SSSR count). The van der Waals surface area contributed by atoms with Crippen LogP contribution in [0.4, 0.5) is 4.39 Å². The number of sulfonamides is 1. The molecule has 0 radical (unpaired) electrons. The largest absolute Gasteiger partial charge is 0.349 e. The maximum Gasteiger partial charge on any atom is 0.285 e. The van der Waals surface area contributed by atoms with E-state index in [0.717, 1.165) is 6.07 Å². The lowest BCUT2D eigenvalue weighted by atomic mass is 10.2. The Balaban J connectivity index is 1.64. The molecular weight excluding hydrogens is 375 g/mol. The lowest BCUT2D eigenvalue weighted by Gasteiger charge is -2.18. The zero-order chi connectivity index (χ0) is 19.6. The molecular formula is C17H15FN4O4S. The van der Waals surface area contributed by atoms with Gasteiger partial charge in [-0.1, -0.05) is 24.3 Å². The van der Waals surface area contributed by atoms with Crippen LogP contribution in [-0.2, 0) is 14.8 Å². The fourth-order valence-corrected chi connectivity index (χ4v) is 3.78. The van der Waals surface area contributed by atoms with Gasteiger partial charge in [-0.25, -0.2) is 4.39 Å². The van der Waals surface area contributed by atoms with Crippen molar-refractivity contribution in [3.05, 3.63) is 65.5 Å². The molecule has 0 saturated carbocycles. The van der Waals surface area contributed by atoms with E-state index in [4.69, 9.17) is 0 Å². The summed E-state index contributed by atoms with van der Waals surface area (Å²) in [5, 5.41) is 0. The predicted molar refractivity (Wildman–Crippen MR) is 94.8 cm³/mol. The SMILES string of the molecule is CN(CC(=O)NNC(=O)c1ccccc1F)C1=NS(=O)(=O)c2ccccc21. The molecule has 0 aromatic heterocycles. The molecule has 0 unspecified atom stereocenters. The van der Waals surface area contributed by atoms with Gasteiger partial charge >= 0.3 is 0 Å². The number of benzene rings is 2. The fraction of sp³-hybridized carbons (Fsp3) is 0.118. The highest BCUT2D eigenvalue weighted by molar-refractivity contribution is 7.90. The molecule has 27 heavy (non-hydrogen) atoms. The Morgan fingerprint density at radius 2 is 1.74 bits per heavy atom. The Morgan fingerprint density at radius 3 is 2.48 bits per heavy atom. The normalized spacial score (nSPS) is 14.1. The molecule has 0 bridgehead atoms. The molecule has 2 aromatic rings. The number of carbonyl (C=O) groups excluding carboxylic acids is 2. The quantitative estimate of drug-likeness (QED) is 0.749. The fourth-order valence-electron chi connectivity index (χ4n) is 2.53. The smallest absolute Gasteiger partial charge is 0.285 e. The number of amidine groups is 1. The van der Waals surface area contributed by atoms with Crippen molar-refractivity contribution in [3.63, 3.8) is 0 Å². The number of hydrogen-bond acceptors (Lipinski definition) is 5. The van der Waals surface area contributed by atoms with Gasteiger partial charge in [-0.3, -0.25) is 20.4 Å². The lowest BCUT2D eigenvalue weighted by Crippen LogP contribution is -2.47. The maximum absolute atomic E-state index is 13.5. The van der Waals surface area contributed by atoms with E-state index in [1.165, 1.54) is 36.2 Å². The van der Waals surface area contributed by atoms with Gasteiger partial charge < -0.3 is 4.90 Å². The third kappa shape index (κ3) is 3.80. The second-order valence-electron chi connectivity index (χ2n) is 5.72. The summed E-state index contributed by atoms with van der Waals surface area (Å²) >= 11 is 0. The number of nitrogens with one attached hydrogen (secondary N) is 2. The van der Waals surface area contributed by atoms with Crippen molar-refractivity contribution >= 4 is 27.7 Å². The standard InChI is InChI=1S/C17H15FN4O4S/c1-22(16-12-7-3-5-9-14(12)27(25,26)21-16)10-15(23)19-20-17(24)11-6-2-4-8-13(11)18/h2-9H,10H2,1H3,(H,19,23)(H,20,24). The van der Waals surface area contributed by atoms with Gasteiger partial charge in [0.25, 0.3) is 21.8 Å². The number of amides is 2. The summed E-state index contributed by atoms with van der Waals surface area (Å²) in [7, 11) is -2.30. The molecule has 1 aliphatic rings. The summed E-state index contributed by atoms with van der Waals surface area (Å²) in [4.78, 5) is 25.3. The van der Waals surface area contributed by atoms with Crippen LogP contribution >= 0.6 is 0 Å². The second-order valence-corrected chi connectivity index (χ2v) is 7.30. The highest BCUT2D eigenvalue weighted by atomic mass is 32.2. The Kier molecular flexibility index (Phi) is 4.91. The number of halogens is 1. The molecule has 8 nitrogen and oxygen atoms in total. The van der Waals surface area contributed by atoms with E-state index in [1.807, 2.05) is 0 Å². The minimum absolute atomic E-state index is 0.0695. The summed E-state index contributed by atoms with van der Waals surface area (Å²) in [6.45, 7) is -0.278. The van der Waals surface area contributed by atoms with Gasteiger partial charge in [0, 0.05) is 12.6 Å². The minimum atomic E-state index is -3.80. The molecule has 0 aliphatic carbocycles. The van der Waals surface area contributed by atoms with Crippen LogP contribution in [0, 0.1) is 5.82 Å². The van der Waals surface area contributed by atoms with Crippen molar-refractivity contribution in [2.45, 2.75) is 4.90 Å². The van der Waals surface area contributed by atoms with E-state index in [-0.39, 0.29) is 22.8 Å². The number of hydrogen-bond donors (Lipinski definition) is 2. The van der Waals surface area contributed by atoms with E-state index in [9.17, 15) is 22.4 Å². The number of fused-ring (bicyclic) bond motifs is 1. The Labute approximate surface area is 154 Å². The molecule has 0 fully saturated rings. The molecule has 0 saturated heterocycles.